The Bertz CT molecular complexity index is 545. The van der Waals surface area contributed by atoms with Crippen molar-refractivity contribution in [2.45, 2.75) is 23.2 Å². The Kier molecular flexibility index (Phi) is 5.28. The molecule has 0 aliphatic carbocycles. The van der Waals surface area contributed by atoms with Crippen LogP contribution in [0.1, 0.15) is 17.7 Å². The highest BCUT2D eigenvalue weighted by Gasteiger charge is 2.19. The Morgan fingerprint density at radius 2 is 1.95 bits per heavy atom. The number of thioether (sulfide) groups is 1. The predicted molar refractivity (Wildman–Crippen MR) is 85.6 cm³/mol. The second-order valence-corrected chi connectivity index (χ2v) is 6.66. The summed E-state index contributed by atoms with van der Waals surface area (Å²) in [6.07, 6.45) is 1.78. The van der Waals surface area contributed by atoms with Crippen molar-refractivity contribution in [1.29, 1.82) is 0 Å². The van der Waals surface area contributed by atoms with Crippen molar-refractivity contribution < 1.29 is 0 Å². The van der Waals surface area contributed by atoms with Gasteiger partial charge in [-0.15, -0.1) is 0 Å². The third-order valence-electron chi connectivity index (χ3n) is 2.64. The first-order valence-electron chi connectivity index (χ1n) is 5.86. The van der Waals surface area contributed by atoms with Crippen LogP contribution in [0, 0.1) is 0 Å². The van der Waals surface area contributed by atoms with E-state index in [0.717, 1.165) is 20.1 Å². The molecule has 2 nitrogen and oxygen atoms in total. The van der Waals surface area contributed by atoms with Gasteiger partial charge in [0.25, 0.3) is 0 Å². The van der Waals surface area contributed by atoms with Gasteiger partial charge in [-0.3, -0.25) is 0 Å². The van der Waals surface area contributed by atoms with Crippen LogP contribution in [0.25, 0.3) is 0 Å². The molecule has 5 heteroatoms. The van der Waals surface area contributed by atoms with Crippen LogP contribution >= 0.6 is 39.3 Å². The summed E-state index contributed by atoms with van der Waals surface area (Å²) in [5.74, 6) is 0. The average molecular weight is 358 g/mol. The Morgan fingerprint density at radius 3 is 2.53 bits per heavy atom. The molecule has 0 saturated heterocycles. The summed E-state index contributed by atoms with van der Waals surface area (Å²) in [7, 11) is 0. The molecule has 0 saturated carbocycles. The lowest BCUT2D eigenvalue weighted by Gasteiger charge is -2.20. The van der Waals surface area contributed by atoms with Gasteiger partial charge in [-0.05, 0) is 52.7 Å². The molecule has 0 bridgehead atoms. The van der Waals surface area contributed by atoms with Crippen LogP contribution in [0.2, 0.25) is 5.02 Å². The molecule has 1 heterocycles. The molecule has 2 unspecified atom stereocenters. The molecule has 0 fully saturated rings. The van der Waals surface area contributed by atoms with Crippen LogP contribution in [0.15, 0.2) is 52.1 Å². The first-order valence-corrected chi connectivity index (χ1v) is 7.91. The summed E-state index contributed by atoms with van der Waals surface area (Å²) in [5, 5.41) is 1.82. The van der Waals surface area contributed by atoms with Gasteiger partial charge >= 0.3 is 0 Å². The van der Waals surface area contributed by atoms with E-state index in [0.29, 0.717) is 0 Å². The summed E-state index contributed by atoms with van der Waals surface area (Å²) < 4.78 is 0.986. The van der Waals surface area contributed by atoms with Gasteiger partial charge in [0.15, 0.2) is 0 Å². The monoisotopic (exact) mass is 356 g/mol. The van der Waals surface area contributed by atoms with Crippen LogP contribution < -0.4 is 5.73 Å². The molecule has 0 aliphatic rings. The first kappa shape index (κ1) is 14.9. The van der Waals surface area contributed by atoms with Gasteiger partial charge in [0, 0.05) is 21.7 Å². The third-order valence-corrected chi connectivity index (χ3v) is 5.30. The lowest BCUT2D eigenvalue weighted by atomic mass is 10.1. The van der Waals surface area contributed by atoms with Crippen molar-refractivity contribution in [1.82, 2.24) is 4.98 Å². The second-order valence-electron chi connectivity index (χ2n) is 4.24. The zero-order valence-corrected chi connectivity index (χ0v) is 13.5. The van der Waals surface area contributed by atoms with Gasteiger partial charge in [0.05, 0.1) is 5.25 Å². The lowest BCUT2D eigenvalue weighted by Crippen LogP contribution is -2.22. The molecule has 19 heavy (non-hydrogen) atoms. The highest BCUT2D eigenvalue weighted by atomic mass is 79.9. The minimum absolute atomic E-state index is 0.0140. The van der Waals surface area contributed by atoms with E-state index in [1.165, 1.54) is 0 Å². The quantitative estimate of drug-likeness (QED) is 0.808. The standard InChI is InChI=1S/C14H14BrClN2S/c1-9(17)13(10-4-6-11(16)7-5-10)19-14-12(15)3-2-8-18-14/h2-9,13H,17H2,1H3. The van der Waals surface area contributed by atoms with Crippen molar-refractivity contribution in [2.75, 3.05) is 0 Å². The molecule has 0 spiro atoms. The SMILES string of the molecule is CC(N)C(Sc1ncccc1Br)c1ccc(Cl)cc1. The van der Waals surface area contributed by atoms with E-state index in [2.05, 4.69) is 20.9 Å². The molecule has 2 aromatic rings. The molecule has 2 atom stereocenters. The number of nitrogens with zero attached hydrogens (tertiary/aromatic N) is 1. The van der Waals surface area contributed by atoms with E-state index in [1.54, 1.807) is 18.0 Å². The Hall–Kier alpha value is -0.550. The second kappa shape index (κ2) is 6.75. The molecule has 1 aromatic carbocycles. The summed E-state index contributed by atoms with van der Waals surface area (Å²) in [5.41, 5.74) is 7.26. The Balaban J connectivity index is 2.26. The molecule has 100 valence electrons. The topological polar surface area (TPSA) is 38.9 Å². The normalized spacial score (nSPS) is 14.1. The zero-order valence-electron chi connectivity index (χ0n) is 10.4. The van der Waals surface area contributed by atoms with E-state index in [9.17, 15) is 0 Å². The Labute approximate surface area is 130 Å². The molecule has 2 N–H and O–H groups in total. The van der Waals surface area contributed by atoms with Crippen molar-refractivity contribution in [3.8, 4) is 0 Å². The molecular weight excluding hydrogens is 344 g/mol. The number of benzene rings is 1. The predicted octanol–water partition coefficient (Wildman–Crippen LogP) is 4.68. The highest BCUT2D eigenvalue weighted by molar-refractivity contribution is 9.10. The zero-order chi connectivity index (χ0) is 13.8. The lowest BCUT2D eigenvalue weighted by molar-refractivity contribution is 0.720. The number of rotatable bonds is 4. The van der Waals surface area contributed by atoms with Gasteiger partial charge in [-0.2, -0.15) is 0 Å². The van der Waals surface area contributed by atoms with Crippen molar-refractivity contribution >= 4 is 39.3 Å². The van der Waals surface area contributed by atoms with Crippen molar-refractivity contribution in [3.05, 3.63) is 57.7 Å². The molecule has 0 radical (unpaired) electrons. The highest BCUT2D eigenvalue weighted by Crippen LogP contribution is 2.39. The van der Waals surface area contributed by atoms with Crippen LogP contribution in [-0.4, -0.2) is 11.0 Å². The summed E-state index contributed by atoms with van der Waals surface area (Å²) in [6, 6.07) is 11.7. The molecular formula is C14H14BrClN2S. The number of nitrogens with two attached hydrogens (primary N) is 1. The van der Waals surface area contributed by atoms with Crippen LogP contribution in [0.5, 0.6) is 0 Å². The van der Waals surface area contributed by atoms with E-state index < -0.39 is 0 Å². The van der Waals surface area contributed by atoms with Gasteiger partial charge in [0.2, 0.25) is 0 Å². The van der Waals surface area contributed by atoms with E-state index in [-0.39, 0.29) is 11.3 Å². The smallest absolute Gasteiger partial charge is 0.111 e. The van der Waals surface area contributed by atoms with Crippen LogP contribution in [-0.2, 0) is 0 Å². The summed E-state index contributed by atoms with van der Waals surface area (Å²) in [6.45, 7) is 2.00. The fraction of sp³-hybridized carbons (Fsp3) is 0.214. The number of halogens is 2. The van der Waals surface area contributed by atoms with Crippen LogP contribution in [0.4, 0.5) is 0 Å². The van der Waals surface area contributed by atoms with E-state index >= 15 is 0 Å². The maximum atomic E-state index is 6.11. The first-order chi connectivity index (χ1) is 9.08. The minimum atomic E-state index is 0.0140. The number of pyridine rings is 1. The largest absolute Gasteiger partial charge is 0.327 e. The van der Waals surface area contributed by atoms with Crippen molar-refractivity contribution in [3.63, 3.8) is 0 Å². The van der Waals surface area contributed by atoms with E-state index in [1.807, 2.05) is 43.3 Å². The van der Waals surface area contributed by atoms with Gasteiger partial charge in [0.1, 0.15) is 5.03 Å². The average Bonchev–Trinajstić information content (AvgIpc) is 2.39. The van der Waals surface area contributed by atoms with Gasteiger partial charge < -0.3 is 5.73 Å². The van der Waals surface area contributed by atoms with Crippen LogP contribution in [0.3, 0.4) is 0 Å². The fourth-order valence-corrected chi connectivity index (χ4v) is 3.42. The molecule has 1 aromatic heterocycles. The third kappa shape index (κ3) is 3.96. The molecule has 0 aliphatic heterocycles. The number of aromatic nitrogens is 1. The number of hydrogen-bond donors (Lipinski definition) is 1. The maximum Gasteiger partial charge on any atom is 0.111 e. The minimum Gasteiger partial charge on any atom is -0.327 e. The Morgan fingerprint density at radius 1 is 1.26 bits per heavy atom. The van der Waals surface area contributed by atoms with Crippen molar-refractivity contribution in [2.24, 2.45) is 5.73 Å². The summed E-state index contributed by atoms with van der Waals surface area (Å²) >= 11 is 11.1. The number of hydrogen-bond acceptors (Lipinski definition) is 3. The molecule has 0 amide bonds. The maximum absolute atomic E-state index is 6.11. The van der Waals surface area contributed by atoms with Gasteiger partial charge in [-0.1, -0.05) is 35.5 Å². The summed E-state index contributed by atoms with van der Waals surface area (Å²) in [4.78, 5) is 4.38. The van der Waals surface area contributed by atoms with Gasteiger partial charge in [-0.25, -0.2) is 4.98 Å². The van der Waals surface area contributed by atoms with E-state index in [4.69, 9.17) is 17.3 Å². The fourth-order valence-electron chi connectivity index (χ4n) is 1.71. The molecule has 2 rings (SSSR count).